The minimum atomic E-state index is 0.370. The summed E-state index contributed by atoms with van der Waals surface area (Å²) < 4.78 is 7.64. The van der Waals surface area contributed by atoms with Crippen LogP contribution in [-0.4, -0.2) is 22.1 Å². The number of hydrogen-bond donors (Lipinski definition) is 0. The first kappa shape index (κ1) is 16.4. The number of aryl methyl sites for hydroxylation is 1. The number of aliphatic imine (C=N–C) groups is 1. The van der Waals surface area contributed by atoms with Gasteiger partial charge in [0.05, 0.1) is 23.2 Å². The number of benzene rings is 1. The number of nitrogens with zero attached hydrogens (tertiary/aromatic N) is 3. The second kappa shape index (κ2) is 7.88. The zero-order chi connectivity index (χ0) is 15.9. The summed E-state index contributed by atoms with van der Waals surface area (Å²) in [5.74, 6) is 2.96. The van der Waals surface area contributed by atoms with Crippen LogP contribution in [0.3, 0.4) is 0 Å². The van der Waals surface area contributed by atoms with Crippen molar-refractivity contribution in [3.63, 3.8) is 0 Å². The van der Waals surface area contributed by atoms with Crippen LogP contribution in [-0.2, 0) is 11.3 Å². The van der Waals surface area contributed by atoms with Crippen LogP contribution >= 0.6 is 23.2 Å². The van der Waals surface area contributed by atoms with E-state index in [9.17, 15) is 0 Å². The minimum Gasteiger partial charge on any atom is -0.475 e. The Hall–Kier alpha value is -1.96. The number of terminal acetylenes is 1. The number of hydrogen-bond acceptors (Lipinski definition) is 3. The van der Waals surface area contributed by atoms with Crippen molar-refractivity contribution in [2.75, 3.05) is 6.61 Å². The molecule has 2 aromatic rings. The first-order valence-corrected chi connectivity index (χ1v) is 7.51. The SMILES string of the molecule is C#CCCOC(=Nc1ccc(Cl)cc1Cl)c1cncn1CC. The van der Waals surface area contributed by atoms with Crippen LogP contribution in [0.5, 0.6) is 0 Å². The maximum Gasteiger partial charge on any atom is 0.240 e. The summed E-state index contributed by atoms with van der Waals surface area (Å²) in [7, 11) is 0. The third-order valence-electron chi connectivity index (χ3n) is 2.89. The van der Waals surface area contributed by atoms with Crippen molar-refractivity contribution >= 4 is 34.8 Å². The Bertz CT molecular complexity index is 716. The van der Waals surface area contributed by atoms with Gasteiger partial charge in [-0.05, 0) is 25.1 Å². The van der Waals surface area contributed by atoms with Crippen LogP contribution in [0.15, 0.2) is 35.7 Å². The molecule has 6 heteroatoms. The fourth-order valence-electron chi connectivity index (χ4n) is 1.80. The number of imidazole rings is 1. The van der Waals surface area contributed by atoms with E-state index in [1.54, 1.807) is 30.7 Å². The molecule has 0 N–H and O–H groups in total. The van der Waals surface area contributed by atoms with E-state index in [-0.39, 0.29) is 0 Å². The van der Waals surface area contributed by atoms with Gasteiger partial charge >= 0.3 is 0 Å². The first-order chi connectivity index (χ1) is 10.7. The molecule has 2 rings (SSSR count). The molecule has 0 atom stereocenters. The van der Waals surface area contributed by atoms with E-state index in [4.69, 9.17) is 34.4 Å². The molecule has 0 aliphatic carbocycles. The van der Waals surface area contributed by atoms with Crippen molar-refractivity contribution < 1.29 is 4.74 Å². The summed E-state index contributed by atoms with van der Waals surface area (Å²) >= 11 is 12.1. The predicted molar refractivity (Wildman–Crippen MR) is 90.0 cm³/mol. The molecule has 0 aliphatic rings. The number of halogens is 2. The molecule has 0 fully saturated rings. The van der Waals surface area contributed by atoms with E-state index in [0.717, 1.165) is 12.2 Å². The van der Waals surface area contributed by atoms with Crippen molar-refractivity contribution in [2.24, 2.45) is 4.99 Å². The monoisotopic (exact) mass is 335 g/mol. The van der Waals surface area contributed by atoms with E-state index in [0.29, 0.717) is 34.7 Å². The lowest BCUT2D eigenvalue weighted by Gasteiger charge is -2.10. The average Bonchev–Trinajstić information content (AvgIpc) is 2.97. The topological polar surface area (TPSA) is 39.4 Å². The highest BCUT2D eigenvalue weighted by Gasteiger charge is 2.12. The lowest BCUT2D eigenvalue weighted by atomic mass is 10.3. The number of aromatic nitrogens is 2. The summed E-state index contributed by atoms with van der Waals surface area (Å²) in [5.41, 5.74) is 1.34. The lowest BCUT2D eigenvalue weighted by molar-refractivity contribution is 0.313. The maximum atomic E-state index is 6.17. The molecular formula is C16H15Cl2N3O. The standard InChI is InChI=1S/C16H15Cl2N3O/c1-3-5-8-22-16(15-10-19-11-21(15)4-2)20-14-7-6-12(17)9-13(14)18/h1,6-7,9-11H,4-5,8H2,2H3. The highest BCUT2D eigenvalue weighted by Crippen LogP contribution is 2.28. The molecule has 0 bridgehead atoms. The van der Waals surface area contributed by atoms with Gasteiger partial charge in [0, 0.05) is 18.0 Å². The number of ether oxygens (including phenoxy) is 1. The second-order valence-corrected chi connectivity index (χ2v) is 5.22. The van der Waals surface area contributed by atoms with Crippen LogP contribution in [0.25, 0.3) is 0 Å². The molecule has 0 amide bonds. The van der Waals surface area contributed by atoms with Crippen LogP contribution in [0.2, 0.25) is 10.0 Å². The van der Waals surface area contributed by atoms with E-state index >= 15 is 0 Å². The van der Waals surface area contributed by atoms with Gasteiger partial charge in [-0.2, -0.15) is 0 Å². The summed E-state index contributed by atoms with van der Waals surface area (Å²) in [6, 6.07) is 5.10. The zero-order valence-corrected chi connectivity index (χ0v) is 13.6. The predicted octanol–water partition coefficient (Wildman–Crippen LogP) is 4.33. The largest absolute Gasteiger partial charge is 0.475 e. The average molecular weight is 336 g/mol. The molecule has 0 radical (unpaired) electrons. The molecule has 0 saturated heterocycles. The third-order valence-corrected chi connectivity index (χ3v) is 3.43. The zero-order valence-electron chi connectivity index (χ0n) is 12.1. The fourth-order valence-corrected chi connectivity index (χ4v) is 2.25. The molecule has 114 valence electrons. The Morgan fingerprint density at radius 1 is 1.45 bits per heavy atom. The van der Waals surface area contributed by atoms with E-state index in [2.05, 4.69) is 15.9 Å². The van der Waals surface area contributed by atoms with Crippen molar-refractivity contribution in [2.45, 2.75) is 19.9 Å². The molecule has 0 aliphatic heterocycles. The van der Waals surface area contributed by atoms with E-state index in [1.165, 1.54) is 0 Å². The minimum absolute atomic E-state index is 0.370. The molecule has 0 saturated carbocycles. The Morgan fingerprint density at radius 3 is 2.95 bits per heavy atom. The Kier molecular flexibility index (Phi) is 5.88. The van der Waals surface area contributed by atoms with Gasteiger partial charge in [-0.25, -0.2) is 9.98 Å². The van der Waals surface area contributed by atoms with Gasteiger partial charge in [-0.15, -0.1) is 12.3 Å². The van der Waals surface area contributed by atoms with Crippen molar-refractivity contribution in [1.29, 1.82) is 0 Å². The van der Waals surface area contributed by atoms with Gasteiger partial charge in [0.2, 0.25) is 5.90 Å². The Balaban J connectivity index is 2.39. The summed E-state index contributed by atoms with van der Waals surface area (Å²) in [5, 5.41) is 1.01. The van der Waals surface area contributed by atoms with Gasteiger partial charge < -0.3 is 9.30 Å². The lowest BCUT2D eigenvalue weighted by Crippen LogP contribution is -2.13. The van der Waals surface area contributed by atoms with E-state index in [1.807, 2.05) is 11.5 Å². The highest BCUT2D eigenvalue weighted by molar-refractivity contribution is 6.36. The molecule has 1 aromatic carbocycles. The first-order valence-electron chi connectivity index (χ1n) is 6.76. The molecule has 1 heterocycles. The summed E-state index contributed by atoms with van der Waals surface area (Å²) in [4.78, 5) is 8.62. The fraction of sp³-hybridized carbons (Fsp3) is 0.250. The highest BCUT2D eigenvalue weighted by atomic mass is 35.5. The van der Waals surface area contributed by atoms with Crippen LogP contribution in [0, 0.1) is 12.3 Å². The van der Waals surface area contributed by atoms with Crippen molar-refractivity contribution in [3.05, 3.63) is 46.5 Å². The third kappa shape index (κ3) is 4.03. The molecule has 1 aromatic heterocycles. The number of rotatable bonds is 5. The molecule has 0 spiro atoms. The normalized spacial score (nSPS) is 11.3. The second-order valence-electron chi connectivity index (χ2n) is 4.38. The smallest absolute Gasteiger partial charge is 0.240 e. The Morgan fingerprint density at radius 2 is 2.27 bits per heavy atom. The Labute approximate surface area is 139 Å². The summed E-state index contributed by atoms with van der Waals surface area (Å²) in [6.45, 7) is 3.14. The maximum absolute atomic E-state index is 6.17. The van der Waals surface area contributed by atoms with Crippen molar-refractivity contribution in [3.8, 4) is 12.3 Å². The quantitative estimate of drug-likeness (QED) is 0.353. The molecule has 4 nitrogen and oxygen atoms in total. The van der Waals surface area contributed by atoms with Gasteiger partial charge in [-0.3, -0.25) is 0 Å². The van der Waals surface area contributed by atoms with Gasteiger partial charge in [-0.1, -0.05) is 23.2 Å². The van der Waals surface area contributed by atoms with E-state index < -0.39 is 0 Å². The summed E-state index contributed by atoms with van der Waals surface area (Å²) in [6.07, 6.45) is 9.17. The molecular weight excluding hydrogens is 321 g/mol. The van der Waals surface area contributed by atoms with Crippen LogP contribution in [0.1, 0.15) is 19.0 Å². The van der Waals surface area contributed by atoms with Crippen LogP contribution < -0.4 is 0 Å². The molecule has 22 heavy (non-hydrogen) atoms. The van der Waals surface area contributed by atoms with Gasteiger partial charge in [0.15, 0.2) is 0 Å². The van der Waals surface area contributed by atoms with Crippen LogP contribution in [0.4, 0.5) is 5.69 Å². The molecule has 0 unspecified atom stereocenters. The van der Waals surface area contributed by atoms with Gasteiger partial charge in [0.25, 0.3) is 0 Å². The van der Waals surface area contributed by atoms with Crippen molar-refractivity contribution in [1.82, 2.24) is 9.55 Å². The van der Waals surface area contributed by atoms with Gasteiger partial charge in [0.1, 0.15) is 12.3 Å².